The fourth-order valence-corrected chi connectivity index (χ4v) is 1.79. The van der Waals surface area contributed by atoms with Crippen molar-refractivity contribution >= 4 is 5.97 Å². The summed E-state index contributed by atoms with van der Waals surface area (Å²) in [4.78, 5) is 10.5. The predicted molar refractivity (Wildman–Crippen MR) is 70.2 cm³/mol. The maximum atomic E-state index is 10.5. The van der Waals surface area contributed by atoms with E-state index in [-0.39, 0.29) is 0 Å². The van der Waals surface area contributed by atoms with Crippen LogP contribution in [0.5, 0.6) is 0 Å². The Bertz CT molecular complexity index is 388. The number of rotatable bonds is 6. The molecule has 1 rings (SSSR count). The van der Waals surface area contributed by atoms with E-state index >= 15 is 0 Å². The molecule has 0 amide bonds. The van der Waals surface area contributed by atoms with Gasteiger partial charge in [0.05, 0.1) is 0 Å². The molecular weight excluding hydrogens is 212 g/mol. The molecule has 0 unspecified atom stereocenters. The van der Waals surface area contributed by atoms with Crippen LogP contribution in [0.2, 0.25) is 0 Å². The molecule has 17 heavy (non-hydrogen) atoms. The molecule has 0 aromatic heterocycles. The Kier molecular flexibility index (Phi) is 5.47. The lowest BCUT2D eigenvalue weighted by Crippen LogP contribution is -1.93. The van der Waals surface area contributed by atoms with Gasteiger partial charge in [0.25, 0.3) is 0 Å². The van der Waals surface area contributed by atoms with Crippen molar-refractivity contribution in [3.05, 3.63) is 47.0 Å². The standard InChI is InChI=1S/C15H20O2/c1-3-4-13-7-9-14(10-8-13)6-5-12(2)11-15(16)17/h7-11H,3-6H2,1-2H3,(H,16,17)/b12-11-. The van der Waals surface area contributed by atoms with E-state index in [1.54, 1.807) is 0 Å². The first-order valence-electron chi connectivity index (χ1n) is 6.09. The number of hydrogen-bond acceptors (Lipinski definition) is 1. The second-order valence-corrected chi connectivity index (χ2v) is 4.40. The number of carboxylic acids is 1. The molecular formula is C15H20O2. The summed E-state index contributed by atoms with van der Waals surface area (Å²) in [5, 5.41) is 8.60. The van der Waals surface area contributed by atoms with Crippen molar-refractivity contribution in [1.82, 2.24) is 0 Å². The van der Waals surface area contributed by atoms with Gasteiger partial charge in [0.15, 0.2) is 0 Å². The number of aryl methyl sites for hydroxylation is 2. The molecule has 1 N–H and O–H groups in total. The van der Waals surface area contributed by atoms with Crippen molar-refractivity contribution in [2.24, 2.45) is 0 Å². The number of hydrogen-bond donors (Lipinski definition) is 1. The number of carboxylic acid groups (broad SMARTS) is 1. The highest BCUT2D eigenvalue weighted by molar-refractivity contribution is 5.80. The Morgan fingerprint density at radius 2 is 1.71 bits per heavy atom. The molecule has 92 valence electrons. The summed E-state index contributed by atoms with van der Waals surface area (Å²) in [5.74, 6) is -0.860. The smallest absolute Gasteiger partial charge is 0.328 e. The van der Waals surface area contributed by atoms with E-state index in [9.17, 15) is 4.79 Å². The summed E-state index contributed by atoms with van der Waals surface area (Å²) in [6, 6.07) is 8.60. The minimum atomic E-state index is -0.860. The second kappa shape index (κ2) is 6.89. The van der Waals surface area contributed by atoms with Crippen LogP contribution in [0.1, 0.15) is 37.8 Å². The highest BCUT2D eigenvalue weighted by atomic mass is 16.4. The molecule has 0 atom stereocenters. The summed E-state index contributed by atoms with van der Waals surface area (Å²) in [6.07, 6.45) is 5.28. The zero-order valence-corrected chi connectivity index (χ0v) is 10.6. The number of carbonyl (C=O) groups is 1. The van der Waals surface area contributed by atoms with Gasteiger partial charge in [0.1, 0.15) is 0 Å². The quantitative estimate of drug-likeness (QED) is 0.761. The zero-order valence-electron chi connectivity index (χ0n) is 10.6. The van der Waals surface area contributed by atoms with Crippen molar-refractivity contribution in [3.8, 4) is 0 Å². The van der Waals surface area contributed by atoms with E-state index in [1.165, 1.54) is 23.6 Å². The van der Waals surface area contributed by atoms with Crippen molar-refractivity contribution in [1.29, 1.82) is 0 Å². The molecule has 0 saturated heterocycles. The van der Waals surface area contributed by atoms with Crippen LogP contribution in [0.4, 0.5) is 0 Å². The van der Waals surface area contributed by atoms with Crippen molar-refractivity contribution in [2.45, 2.75) is 39.5 Å². The van der Waals surface area contributed by atoms with Gasteiger partial charge in [-0.3, -0.25) is 0 Å². The van der Waals surface area contributed by atoms with Crippen LogP contribution in [-0.2, 0) is 17.6 Å². The Balaban J connectivity index is 2.49. The minimum Gasteiger partial charge on any atom is -0.478 e. The van der Waals surface area contributed by atoms with Gasteiger partial charge in [-0.2, -0.15) is 0 Å². The van der Waals surface area contributed by atoms with E-state index in [0.29, 0.717) is 0 Å². The highest BCUT2D eigenvalue weighted by Gasteiger charge is 1.98. The summed E-state index contributed by atoms with van der Waals surface area (Å²) in [6.45, 7) is 4.04. The van der Waals surface area contributed by atoms with Crippen molar-refractivity contribution in [2.75, 3.05) is 0 Å². The van der Waals surface area contributed by atoms with Gasteiger partial charge in [-0.05, 0) is 37.3 Å². The fourth-order valence-electron chi connectivity index (χ4n) is 1.79. The lowest BCUT2D eigenvalue weighted by atomic mass is 10.0. The van der Waals surface area contributed by atoms with Crippen LogP contribution >= 0.6 is 0 Å². The van der Waals surface area contributed by atoms with E-state index in [4.69, 9.17) is 5.11 Å². The van der Waals surface area contributed by atoms with Gasteiger partial charge in [-0.1, -0.05) is 43.2 Å². The first kappa shape index (κ1) is 13.5. The Morgan fingerprint density at radius 1 is 1.18 bits per heavy atom. The monoisotopic (exact) mass is 232 g/mol. The number of aliphatic carboxylic acids is 1. The van der Waals surface area contributed by atoms with Crippen LogP contribution in [0, 0.1) is 0 Å². The maximum absolute atomic E-state index is 10.5. The maximum Gasteiger partial charge on any atom is 0.328 e. The van der Waals surface area contributed by atoms with Crippen LogP contribution in [-0.4, -0.2) is 11.1 Å². The Morgan fingerprint density at radius 3 is 2.18 bits per heavy atom. The molecule has 2 nitrogen and oxygen atoms in total. The molecule has 0 spiro atoms. The van der Waals surface area contributed by atoms with Crippen molar-refractivity contribution < 1.29 is 9.90 Å². The highest BCUT2D eigenvalue weighted by Crippen LogP contribution is 2.11. The van der Waals surface area contributed by atoms with E-state index in [2.05, 4.69) is 31.2 Å². The van der Waals surface area contributed by atoms with E-state index < -0.39 is 5.97 Å². The molecule has 0 aliphatic carbocycles. The molecule has 2 heteroatoms. The topological polar surface area (TPSA) is 37.3 Å². The van der Waals surface area contributed by atoms with Crippen LogP contribution in [0.3, 0.4) is 0 Å². The average molecular weight is 232 g/mol. The first-order valence-corrected chi connectivity index (χ1v) is 6.09. The minimum absolute atomic E-state index is 0.805. The van der Waals surface area contributed by atoms with E-state index in [0.717, 1.165) is 24.8 Å². The first-order chi connectivity index (χ1) is 8.11. The summed E-state index contributed by atoms with van der Waals surface area (Å²) >= 11 is 0. The average Bonchev–Trinajstić information content (AvgIpc) is 2.28. The van der Waals surface area contributed by atoms with Gasteiger partial charge >= 0.3 is 5.97 Å². The molecule has 0 aliphatic rings. The normalized spacial score (nSPS) is 11.5. The SMILES string of the molecule is CCCc1ccc(CC/C(C)=C\C(=O)O)cc1. The summed E-state index contributed by atoms with van der Waals surface area (Å²) in [7, 11) is 0. The Hall–Kier alpha value is -1.57. The third-order valence-corrected chi connectivity index (χ3v) is 2.74. The third-order valence-electron chi connectivity index (χ3n) is 2.74. The van der Waals surface area contributed by atoms with Crippen molar-refractivity contribution in [3.63, 3.8) is 0 Å². The molecule has 0 radical (unpaired) electrons. The molecule has 0 heterocycles. The largest absolute Gasteiger partial charge is 0.478 e. The molecule has 1 aromatic rings. The summed E-state index contributed by atoms with van der Waals surface area (Å²) in [5.41, 5.74) is 3.55. The van der Waals surface area contributed by atoms with E-state index in [1.807, 2.05) is 6.92 Å². The van der Waals surface area contributed by atoms with Gasteiger partial charge in [-0.15, -0.1) is 0 Å². The predicted octanol–water partition coefficient (Wildman–Crippen LogP) is 3.60. The molecule has 0 bridgehead atoms. The summed E-state index contributed by atoms with van der Waals surface area (Å²) < 4.78 is 0. The third kappa shape index (κ3) is 5.34. The van der Waals surface area contributed by atoms with Crippen LogP contribution in [0.25, 0.3) is 0 Å². The molecule has 1 aromatic carbocycles. The zero-order chi connectivity index (χ0) is 12.7. The van der Waals surface area contributed by atoms with Gasteiger partial charge < -0.3 is 5.11 Å². The van der Waals surface area contributed by atoms with Gasteiger partial charge in [0, 0.05) is 6.08 Å². The van der Waals surface area contributed by atoms with Crippen LogP contribution in [0.15, 0.2) is 35.9 Å². The second-order valence-electron chi connectivity index (χ2n) is 4.40. The fraction of sp³-hybridized carbons (Fsp3) is 0.400. The molecule has 0 saturated carbocycles. The number of benzene rings is 1. The van der Waals surface area contributed by atoms with Gasteiger partial charge in [-0.25, -0.2) is 4.79 Å². The lowest BCUT2D eigenvalue weighted by Gasteiger charge is -2.03. The van der Waals surface area contributed by atoms with Gasteiger partial charge in [0.2, 0.25) is 0 Å². The molecule has 0 fully saturated rings. The van der Waals surface area contributed by atoms with Crippen LogP contribution < -0.4 is 0 Å². The Labute approximate surface area is 103 Å². The molecule has 0 aliphatic heterocycles. The number of allylic oxidation sites excluding steroid dienone is 1. The lowest BCUT2D eigenvalue weighted by molar-refractivity contribution is -0.131.